The number of aryl methyl sites for hydroxylation is 2. The second-order valence-electron chi connectivity index (χ2n) is 6.29. The summed E-state index contributed by atoms with van der Waals surface area (Å²) in [6.07, 6.45) is 0. The van der Waals surface area contributed by atoms with Crippen molar-refractivity contribution < 1.29 is 9.53 Å². The topological polar surface area (TPSA) is 69.0 Å². The monoisotopic (exact) mass is 416 g/mol. The number of benzene rings is 2. The van der Waals surface area contributed by atoms with Crippen LogP contribution in [0.4, 0.5) is 5.69 Å². The quantitative estimate of drug-likeness (QED) is 0.591. The highest BCUT2D eigenvalue weighted by Crippen LogP contribution is 2.30. The number of methoxy groups -OCH3 is 1. The van der Waals surface area contributed by atoms with Gasteiger partial charge < -0.3 is 10.1 Å². The van der Waals surface area contributed by atoms with Gasteiger partial charge in [0.25, 0.3) is 0 Å². The zero-order valence-corrected chi connectivity index (χ0v) is 17.6. The molecule has 1 N–H and O–H groups in total. The fourth-order valence-corrected chi connectivity index (χ4v) is 3.72. The van der Waals surface area contributed by atoms with Crippen molar-refractivity contribution in [1.82, 2.24) is 14.8 Å². The van der Waals surface area contributed by atoms with E-state index in [1.807, 2.05) is 49.6 Å². The van der Waals surface area contributed by atoms with Crippen molar-refractivity contribution in [3.8, 4) is 11.4 Å². The van der Waals surface area contributed by atoms with Crippen LogP contribution in [-0.2, 0) is 4.79 Å². The van der Waals surface area contributed by atoms with Crippen LogP contribution in [0.15, 0.2) is 47.6 Å². The third-order valence-electron chi connectivity index (χ3n) is 4.16. The van der Waals surface area contributed by atoms with Gasteiger partial charge >= 0.3 is 0 Å². The van der Waals surface area contributed by atoms with Gasteiger partial charge in [-0.15, -0.1) is 10.2 Å². The first-order valence-electron chi connectivity index (χ1n) is 8.69. The van der Waals surface area contributed by atoms with Gasteiger partial charge in [-0.1, -0.05) is 41.1 Å². The number of ether oxygens (including phenoxy) is 1. The molecule has 0 spiro atoms. The maximum atomic E-state index is 12.7. The molecule has 28 heavy (non-hydrogen) atoms. The van der Waals surface area contributed by atoms with Crippen LogP contribution in [-0.4, -0.2) is 33.0 Å². The van der Waals surface area contributed by atoms with Crippen molar-refractivity contribution in [2.24, 2.45) is 0 Å². The highest BCUT2D eigenvalue weighted by atomic mass is 35.5. The van der Waals surface area contributed by atoms with Crippen molar-refractivity contribution in [2.75, 3.05) is 12.4 Å². The average Bonchev–Trinajstić information content (AvgIpc) is 3.03. The molecule has 8 heteroatoms. The second kappa shape index (κ2) is 8.67. The Morgan fingerprint density at radius 2 is 1.89 bits per heavy atom. The van der Waals surface area contributed by atoms with E-state index in [2.05, 4.69) is 15.5 Å². The van der Waals surface area contributed by atoms with Crippen LogP contribution >= 0.6 is 23.4 Å². The predicted molar refractivity (Wildman–Crippen MR) is 113 cm³/mol. The molecule has 0 aliphatic carbocycles. The molecule has 3 aromatic rings. The van der Waals surface area contributed by atoms with E-state index in [9.17, 15) is 4.79 Å². The Morgan fingerprint density at radius 3 is 2.57 bits per heavy atom. The van der Waals surface area contributed by atoms with Gasteiger partial charge in [-0.2, -0.15) is 0 Å². The SMILES string of the molecule is COc1ccc(Cl)cc1NC(=O)[C@H](C)Sc1nnc(C)n1-c1ccc(C)cc1. The Morgan fingerprint density at radius 1 is 1.18 bits per heavy atom. The molecular weight excluding hydrogens is 396 g/mol. The van der Waals surface area contributed by atoms with Crippen LogP contribution < -0.4 is 10.1 Å². The van der Waals surface area contributed by atoms with E-state index in [1.165, 1.54) is 17.3 Å². The number of carbonyl (C=O) groups excluding carboxylic acids is 1. The van der Waals surface area contributed by atoms with Gasteiger partial charge in [-0.25, -0.2) is 0 Å². The third-order valence-corrected chi connectivity index (χ3v) is 5.44. The molecule has 1 heterocycles. The summed E-state index contributed by atoms with van der Waals surface area (Å²) < 4.78 is 7.22. The standard InChI is InChI=1S/C20H21ClN4O2S/c1-12-5-8-16(9-6-12)25-14(3)23-24-20(25)28-13(2)19(26)22-17-11-15(21)7-10-18(17)27-4/h5-11,13H,1-4H3,(H,22,26)/t13-/m0/s1. The predicted octanol–water partition coefficient (Wildman–Crippen LogP) is 4.67. The van der Waals surface area contributed by atoms with Crippen molar-refractivity contribution in [3.63, 3.8) is 0 Å². The molecule has 0 saturated carbocycles. The summed E-state index contributed by atoms with van der Waals surface area (Å²) in [5, 5.41) is 12.1. The molecular formula is C20H21ClN4O2S. The number of hydrogen-bond acceptors (Lipinski definition) is 5. The normalized spacial score (nSPS) is 11.9. The number of halogens is 1. The van der Waals surface area contributed by atoms with E-state index >= 15 is 0 Å². The Balaban J connectivity index is 1.78. The van der Waals surface area contributed by atoms with Crippen LogP contribution in [0.3, 0.4) is 0 Å². The van der Waals surface area contributed by atoms with Gasteiger partial charge in [0.05, 0.1) is 18.0 Å². The highest BCUT2D eigenvalue weighted by Gasteiger charge is 2.21. The van der Waals surface area contributed by atoms with E-state index in [0.717, 1.165) is 11.5 Å². The minimum absolute atomic E-state index is 0.179. The lowest BCUT2D eigenvalue weighted by atomic mass is 10.2. The number of hydrogen-bond donors (Lipinski definition) is 1. The van der Waals surface area contributed by atoms with E-state index < -0.39 is 5.25 Å². The lowest BCUT2D eigenvalue weighted by Crippen LogP contribution is -2.23. The number of nitrogens with zero attached hydrogens (tertiary/aromatic N) is 3. The molecule has 1 aromatic heterocycles. The zero-order valence-electron chi connectivity index (χ0n) is 16.1. The van der Waals surface area contributed by atoms with E-state index in [-0.39, 0.29) is 5.91 Å². The molecule has 0 fully saturated rings. The van der Waals surface area contributed by atoms with Crippen LogP contribution in [0.2, 0.25) is 5.02 Å². The summed E-state index contributed by atoms with van der Waals surface area (Å²) >= 11 is 7.37. The molecule has 0 saturated heterocycles. The van der Waals surface area contributed by atoms with Crippen LogP contribution in [0.1, 0.15) is 18.3 Å². The number of rotatable bonds is 6. The lowest BCUT2D eigenvalue weighted by Gasteiger charge is -2.15. The largest absolute Gasteiger partial charge is 0.495 e. The van der Waals surface area contributed by atoms with Gasteiger partial charge in [-0.3, -0.25) is 9.36 Å². The summed E-state index contributed by atoms with van der Waals surface area (Å²) in [5.41, 5.74) is 2.66. The average molecular weight is 417 g/mol. The minimum atomic E-state index is -0.406. The number of amides is 1. The summed E-state index contributed by atoms with van der Waals surface area (Å²) in [4.78, 5) is 12.7. The molecule has 2 aromatic carbocycles. The maximum Gasteiger partial charge on any atom is 0.237 e. The molecule has 3 rings (SSSR count). The molecule has 0 bridgehead atoms. The third kappa shape index (κ3) is 4.48. The van der Waals surface area contributed by atoms with Crippen LogP contribution in [0.25, 0.3) is 5.69 Å². The maximum absolute atomic E-state index is 12.7. The van der Waals surface area contributed by atoms with Crippen molar-refractivity contribution in [3.05, 3.63) is 58.9 Å². The second-order valence-corrected chi connectivity index (χ2v) is 8.04. The van der Waals surface area contributed by atoms with E-state index in [1.54, 1.807) is 25.3 Å². The van der Waals surface area contributed by atoms with Crippen LogP contribution in [0, 0.1) is 13.8 Å². The summed E-state index contributed by atoms with van der Waals surface area (Å²) in [6.45, 7) is 5.74. The summed E-state index contributed by atoms with van der Waals surface area (Å²) in [6, 6.07) is 13.2. The Bertz CT molecular complexity index is 988. The minimum Gasteiger partial charge on any atom is -0.495 e. The fourth-order valence-electron chi connectivity index (χ4n) is 2.63. The molecule has 1 amide bonds. The van der Waals surface area contributed by atoms with Gasteiger partial charge in [0.15, 0.2) is 5.16 Å². The van der Waals surface area contributed by atoms with Gasteiger partial charge in [0.1, 0.15) is 11.6 Å². The lowest BCUT2D eigenvalue weighted by molar-refractivity contribution is -0.115. The van der Waals surface area contributed by atoms with E-state index in [4.69, 9.17) is 16.3 Å². The molecule has 6 nitrogen and oxygen atoms in total. The first kappa shape index (κ1) is 20.2. The molecule has 0 unspecified atom stereocenters. The summed E-state index contributed by atoms with van der Waals surface area (Å²) in [5.74, 6) is 1.13. The number of thioether (sulfide) groups is 1. The smallest absolute Gasteiger partial charge is 0.237 e. The zero-order chi connectivity index (χ0) is 20.3. The Hall–Kier alpha value is -2.51. The molecule has 146 valence electrons. The Labute approximate surface area is 173 Å². The van der Waals surface area contributed by atoms with Crippen molar-refractivity contribution >= 4 is 35.0 Å². The van der Waals surface area contributed by atoms with Crippen LogP contribution in [0.5, 0.6) is 5.75 Å². The molecule has 0 aliphatic rings. The number of aromatic nitrogens is 3. The molecule has 1 atom stereocenters. The van der Waals surface area contributed by atoms with Gasteiger partial charge in [0, 0.05) is 10.7 Å². The molecule has 0 radical (unpaired) electrons. The molecule has 0 aliphatic heterocycles. The highest BCUT2D eigenvalue weighted by molar-refractivity contribution is 8.00. The number of nitrogens with one attached hydrogen (secondary N) is 1. The van der Waals surface area contributed by atoms with E-state index in [0.29, 0.717) is 21.6 Å². The van der Waals surface area contributed by atoms with Crippen molar-refractivity contribution in [2.45, 2.75) is 31.2 Å². The Kier molecular flexibility index (Phi) is 6.26. The number of anilines is 1. The fraction of sp³-hybridized carbons (Fsp3) is 0.250. The number of carbonyl (C=O) groups is 1. The van der Waals surface area contributed by atoms with Crippen molar-refractivity contribution in [1.29, 1.82) is 0 Å². The first-order valence-corrected chi connectivity index (χ1v) is 9.95. The summed E-state index contributed by atoms with van der Waals surface area (Å²) in [7, 11) is 1.55. The van der Waals surface area contributed by atoms with Gasteiger partial charge in [0.2, 0.25) is 5.91 Å². The van der Waals surface area contributed by atoms with Gasteiger partial charge in [-0.05, 0) is 51.1 Å². The first-order chi connectivity index (χ1) is 13.4.